The van der Waals surface area contributed by atoms with Crippen molar-refractivity contribution in [2.24, 2.45) is 7.05 Å². The van der Waals surface area contributed by atoms with Crippen LogP contribution in [0, 0.1) is 0 Å². The van der Waals surface area contributed by atoms with Crippen molar-refractivity contribution in [1.29, 1.82) is 0 Å². The maximum atomic E-state index is 10.9. The number of aromatic carboxylic acids is 1. The van der Waals surface area contributed by atoms with Gasteiger partial charge in [-0.15, -0.1) is 0 Å². The number of carboxylic acids is 1. The Morgan fingerprint density at radius 2 is 2.00 bits per heavy atom. The van der Waals surface area contributed by atoms with Gasteiger partial charge in [-0.05, 0) is 18.9 Å². The molecule has 1 N–H and O–H groups in total. The standard InChI is InChI=1S/C12H20N2O2/c1-4-6-9(7-5-2)10-8-11(12(15)16)14(3)13-10/h8-9H,4-7H2,1-3H3,(H,15,16). The molecule has 0 spiro atoms. The van der Waals surface area contributed by atoms with Gasteiger partial charge in [-0.1, -0.05) is 26.7 Å². The quantitative estimate of drug-likeness (QED) is 0.808. The molecule has 0 aliphatic rings. The first-order valence-corrected chi connectivity index (χ1v) is 5.87. The van der Waals surface area contributed by atoms with Crippen LogP contribution in [-0.2, 0) is 7.05 Å². The fraction of sp³-hybridized carbons (Fsp3) is 0.667. The first-order chi connectivity index (χ1) is 7.60. The number of rotatable bonds is 6. The molecule has 0 radical (unpaired) electrons. The third kappa shape index (κ3) is 2.84. The molecule has 0 saturated carbocycles. The molecule has 1 heterocycles. The lowest BCUT2D eigenvalue weighted by atomic mass is 9.95. The Bertz CT molecular complexity index is 352. The summed E-state index contributed by atoms with van der Waals surface area (Å²) in [6, 6.07) is 1.71. The fourth-order valence-corrected chi connectivity index (χ4v) is 2.03. The van der Waals surface area contributed by atoms with Gasteiger partial charge in [0.25, 0.3) is 0 Å². The summed E-state index contributed by atoms with van der Waals surface area (Å²) in [5.74, 6) is -0.512. The van der Waals surface area contributed by atoms with E-state index in [-0.39, 0.29) is 5.69 Å². The highest BCUT2D eigenvalue weighted by atomic mass is 16.4. The van der Waals surface area contributed by atoms with Crippen LogP contribution in [-0.4, -0.2) is 20.9 Å². The lowest BCUT2D eigenvalue weighted by Gasteiger charge is -2.11. The Morgan fingerprint density at radius 3 is 2.38 bits per heavy atom. The second kappa shape index (κ2) is 5.68. The number of hydrogen-bond donors (Lipinski definition) is 1. The SMILES string of the molecule is CCCC(CCC)c1cc(C(=O)O)n(C)n1. The van der Waals surface area contributed by atoms with Crippen molar-refractivity contribution in [3.63, 3.8) is 0 Å². The molecule has 1 aromatic rings. The van der Waals surface area contributed by atoms with Gasteiger partial charge in [0.2, 0.25) is 0 Å². The van der Waals surface area contributed by atoms with Crippen molar-refractivity contribution in [3.05, 3.63) is 17.5 Å². The van der Waals surface area contributed by atoms with E-state index in [9.17, 15) is 4.79 Å². The Hall–Kier alpha value is -1.32. The average molecular weight is 224 g/mol. The number of hydrogen-bond acceptors (Lipinski definition) is 2. The zero-order valence-corrected chi connectivity index (χ0v) is 10.2. The number of aromatic nitrogens is 2. The molecule has 16 heavy (non-hydrogen) atoms. The minimum absolute atomic E-state index is 0.271. The van der Waals surface area contributed by atoms with E-state index in [0.717, 1.165) is 31.4 Å². The third-order valence-corrected chi connectivity index (χ3v) is 2.81. The molecule has 0 aromatic carbocycles. The van der Waals surface area contributed by atoms with Gasteiger partial charge >= 0.3 is 5.97 Å². The lowest BCUT2D eigenvalue weighted by Crippen LogP contribution is -2.05. The molecule has 0 aliphatic carbocycles. The van der Waals surface area contributed by atoms with Crippen LogP contribution in [0.3, 0.4) is 0 Å². The Kier molecular flexibility index (Phi) is 4.52. The number of carbonyl (C=O) groups is 1. The van der Waals surface area contributed by atoms with Crippen LogP contribution in [0.25, 0.3) is 0 Å². The minimum atomic E-state index is -0.909. The van der Waals surface area contributed by atoms with Gasteiger partial charge in [0.05, 0.1) is 5.69 Å². The minimum Gasteiger partial charge on any atom is -0.477 e. The lowest BCUT2D eigenvalue weighted by molar-refractivity contribution is 0.0685. The van der Waals surface area contributed by atoms with Gasteiger partial charge in [0, 0.05) is 13.0 Å². The highest BCUT2D eigenvalue weighted by molar-refractivity contribution is 5.85. The van der Waals surface area contributed by atoms with E-state index < -0.39 is 5.97 Å². The van der Waals surface area contributed by atoms with Gasteiger partial charge < -0.3 is 5.11 Å². The summed E-state index contributed by atoms with van der Waals surface area (Å²) in [7, 11) is 1.68. The summed E-state index contributed by atoms with van der Waals surface area (Å²) < 4.78 is 1.45. The van der Waals surface area contributed by atoms with Crippen molar-refractivity contribution in [2.75, 3.05) is 0 Å². The van der Waals surface area contributed by atoms with Gasteiger partial charge in [0.1, 0.15) is 5.69 Å². The molecule has 4 nitrogen and oxygen atoms in total. The average Bonchev–Trinajstić information content (AvgIpc) is 2.60. The Balaban J connectivity index is 2.92. The molecule has 0 fully saturated rings. The highest BCUT2D eigenvalue weighted by Gasteiger charge is 2.17. The molecular formula is C12H20N2O2. The van der Waals surface area contributed by atoms with Crippen LogP contribution in [0.2, 0.25) is 0 Å². The van der Waals surface area contributed by atoms with Crippen LogP contribution in [0.1, 0.15) is 61.6 Å². The van der Waals surface area contributed by atoms with Crippen LogP contribution in [0.5, 0.6) is 0 Å². The van der Waals surface area contributed by atoms with E-state index in [4.69, 9.17) is 5.11 Å². The monoisotopic (exact) mass is 224 g/mol. The first-order valence-electron chi connectivity index (χ1n) is 5.87. The smallest absolute Gasteiger partial charge is 0.354 e. The molecule has 0 atom stereocenters. The molecule has 4 heteroatoms. The summed E-state index contributed by atoms with van der Waals surface area (Å²) >= 11 is 0. The normalized spacial score (nSPS) is 11.0. The molecule has 0 amide bonds. The first kappa shape index (κ1) is 12.7. The van der Waals surface area contributed by atoms with E-state index in [1.165, 1.54) is 4.68 Å². The molecule has 90 valence electrons. The van der Waals surface area contributed by atoms with Crippen LogP contribution >= 0.6 is 0 Å². The molecule has 0 bridgehead atoms. The predicted octanol–water partition coefficient (Wildman–Crippen LogP) is 2.80. The second-order valence-electron chi connectivity index (χ2n) is 4.16. The molecule has 0 aliphatic heterocycles. The van der Waals surface area contributed by atoms with E-state index >= 15 is 0 Å². The van der Waals surface area contributed by atoms with Crippen LogP contribution in [0.15, 0.2) is 6.07 Å². The summed E-state index contributed by atoms with van der Waals surface area (Å²) in [5, 5.41) is 13.3. The molecule has 0 unspecified atom stereocenters. The Morgan fingerprint density at radius 1 is 1.44 bits per heavy atom. The molecule has 1 rings (SSSR count). The van der Waals surface area contributed by atoms with E-state index in [0.29, 0.717) is 5.92 Å². The van der Waals surface area contributed by atoms with Crippen molar-refractivity contribution < 1.29 is 9.90 Å². The predicted molar refractivity (Wildman–Crippen MR) is 62.7 cm³/mol. The summed E-state index contributed by atoms with van der Waals surface area (Å²) in [5.41, 5.74) is 1.19. The molecule has 1 aromatic heterocycles. The molecule has 0 saturated heterocycles. The zero-order chi connectivity index (χ0) is 12.1. The summed E-state index contributed by atoms with van der Waals surface area (Å²) in [6.07, 6.45) is 4.35. The van der Waals surface area contributed by atoms with Gasteiger partial charge in [-0.3, -0.25) is 4.68 Å². The van der Waals surface area contributed by atoms with Crippen molar-refractivity contribution >= 4 is 5.97 Å². The zero-order valence-electron chi connectivity index (χ0n) is 10.2. The van der Waals surface area contributed by atoms with E-state index in [1.54, 1.807) is 13.1 Å². The van der Waals surface area contributed by atoms with Crippen LogP contribution < -0.4 is 0 Å². The van der Waals surface area contributed by atoms with Crippen molar-refractivity contribution in [2.45, 2.75) is 45.4 Å². The van der Waals surface area contributed by atoms with Gasteiger partial charge in [0.15, 0.2) is 0 Å². The number of nitrogens with zero attached hydrogens (tertiary/aromatic N) is 2. The highest BCUT2D eigenvalue weighted by Crippen LogP contribution is 2.25. The maximum Gasteiger partial charge on any atom is 0.354 e. The number of carboxylic acid groups (broad SMARTS) is 1. The third-order valence-electron chi connectivity index (χ3n) is 2.81. The van der Waals surface area contributed by atoms with Gasteiger partial charge in [-0.2, -0.15) is 5.10 Å². The summed E-state index contributed by atoms with van der Waals surface area (Å²) in [4.78, 5) is 10.9. The van der Waals surface area contributed by atoms with Gasteiger partial charge in [-0.25, -0.2) is 4.79 Å². The number of aryl methyl sites for hydroxylation is 1. The van der Waals surface area contributed by atoms with Crippen molar-refractivity contribution in [3.8, 4) is 0 Å². The van der Waals surface area contributed by atoms with Crippen molar-refractivity contribution in [1.82, 2.24) is 9.78 Å². The molecular weight excluding hydrogens is 204 g/mol. The van der Waals surface area contributed by atoms with E-state index in [1.807, 2.05) is 0 Å². The van der Waals surface area contributed by atoms with Crippen LogP contribution in [0.4, 0.5) is 0 Å². The second-order valence-corrected chi connectivity index (χ2v) is 4.16. The fourth-order valence-electron chi connectivity index (χ4n) is 2.03. The Labute approximate surface area is 96.3 Å². The summed E-state index contributed by atoms with van der Waals surface area (Å²) in [6.45, 7) is 4.29. The largest absolute Gasteiger partial charge is 0.477 e. The topological polar surface area (TPSA) is 55.1 Å². The maximum absolute atomic E-state index is 10.9. The van der Waals surface area contributed by atoms with E-state index in [2.05, 4.69) is 18.9 Å².